The first-order valence-corrected chi connectivity index (χ1v) is 11.2. The van der Waals surface area contributed by atoms with Gasteiger partial charge in [0.05, 0.1) is 17.2 Å². The average molecular weight is 494 g/mol. The molecule has 172 valence electrons. The van der Waals surface area contributed by atoms with Gasteiger partial charge in [-0.2, -0.15) is 10.1 Å². The maximum absolute atomic E-state index is 13.6. The van der Waals surface area contributed by atoms with Gasteiger partial charge >= 0.3 is 11.4 Å². The van der Waals surface area contributed by atoms with Crippen LogP contribution < -0.4 is 16.1 Å². The first-order valence-electron chi connectivity index (χ1n) is 10.8. The minimum atomic E-state index is -0.702. The van der Waals surface area contributed by atoms with E-state index in [9.17, 15) is 9.59 Å². The summed E-state index contributed by atoms with van der Waals surface area (Å²) in [5, 5.41) is 22.1. The van der Waals surface area contributed by atoms with Crippen LogP contribution in [0, 0.1) is 11.3 Å². The normalized spacial score (nSPS) is 11.2. The van der Waals surface area contributed by atoms with Crippen LogP contribution in [0.4, 0.5) is 0 Å². The summed E-state index contributed by atoms with van der Waals surface area (Å²) < 4.78 is 3.59. The van der Waals surface area contributed by atoms with E-state index in [1.807, 2.05) is 12.1 Å². The SMILES string of the molecule is N#Cc1ccc(C[n+]2nc3c(-c4ccncc4)c(-c4ccc(Cl)cc4)c4nnc(=O)n4n3c2=O)cc1. The van der Waals surface area contributed by atoms with Gasteiger partial charge < -0.3 is 0 Å². The van der Waals surface area contributed by atoms with Crippen molar-refractivity contribution in [3.8, 4) is 28.3 Å². The highest BCUT2D eigenvalue weighted by molar-refractivity contribution is 6.30. The summed E-state index contributed by atoms with van der Waals surface area (Å²) in [5.74, 6) is 0. The smallest absolute Gasteiger partial charge is 0.265 e. The molecular formula is C25H14ClN8O2+. The fraction of sp³-hybridized carbons (Fsp3) is 0.0400. The number of halogens is 1. The molecule has 0 aliphatic rings. The largest absolute Gasteiger partial charge is 0.545 e. The minimum absolute atomic E-state index is 0.135. The lowest BCUT2D eigenvalue weighted by atomic mass is 9.97. The molecule has 4 aromatic heterocycles. The van der Waals surface area contributed by atoms with E-state index in [0.29, 0.717) is 21.7 Å². The van der Waals surface area contributed by atoms with E-state index in [1.165, 1.54) is 9.20 Å². The maximum Gasteiger partial charge on any atom is 0.545 e. The number of aromatic nitrogens is 7. The topological polar surface area (TPSA) is 122 Å². The lowest BCUT2D eigenvalue weighted by molar-refractivity contribution is -0.755. The molecule has 0 aliphatic carbocycles. The van der Waals surface area contributed by atoms with Gasteiger partial charge in [-0.1, -0.05) is 50.2 Å². The molecule has 0 amide bonds. The van der Waals surface area contributed by atoms with Crippen molar-refractivity contribution >= 4 is 22.9 Å². The summed E-state index contributed by atoms with van der Waals surface area (Å²) in [6.45, 7) is 0.135. The molecule has 0 atom stereocenters. The summed E-state index contributed by atoms with van der Waals surface area (Å²) in [5.41, 5.74) is 3.14. The molecule has 2 aromatic carbocycles. The van der Waals surface area contributed by atoms with E-state index < -0.39 is 11.4 Å². The quantitative estimate of drug-likeness (QED) is 0.345. The van der Waals surface area contributed by atoms with Crippen molar-refractivity contribution in [2.75, 3.05) is 0 Å². The molecule has 0 aliphatic heterocycles. The van der Waals surface area contributed by atoms with Crippen LogP contribution in [-0.4, -0.2) is 29.3 Å². The van der Waals surface area contributed by atoms with Gasteiger partial charge in [0.25, 0.3) is 5.65 Å². The van der Waals surface area contributed by atoms with Crippen LogP contribution >= 0.6 is 11.6 Å². The van der Waals surface area contributed by atoms with Gasteiger partial charge in [-0.25, -0.2) is 4.79 Å². The zero-order valence-corrected chi connectivity index (χ0v) is 19.2. The van der Waals surface area contributed by atoms with E-state index in [4.69, 9.17) is 16.9 Å². The summed E-state index contributed by atoms with van der Waals surface area (Å²) in [6.07, 6.45) is 3.27. The summed E-state index contributed by atoms with van der Waals surface area (Å²) in [7, 11) is 0. The van der Waals surface area contributed by atoms with Crippen molar-refractivity contribution < 1.29 is 4.68 Å². The molecule has 0 radical (unpaired) electrons. The van der Waals surface area contributed by atoms with Crippen molar-refractivity contribution in [3.63, 3.8) is 0 Å². The molecule has 0 spiro atoms. The molecule has 0 saturated heterocycles. The van der Waals surface area contributed by atoms with Crippen molar-refractivity contribution in [2.24, 2.45) is 0 Å². The number of hydrogen-bond acceptors (Lipinski definition) is 7. The highest BCUT2D eigenvalue weighted by Gasteiger charge is 2.31. The van der Waals surface area contributed by atoms with E-state index in [2.05, 4.69) is 26.3 Å². The van der Waals surface area contributed by atoms with E-state index in [0.717, 1.165) is 21.2 Å². The molecule has 4 heterocycles. The van der Waals surface area contributed by atoms with Gasteiger partial charge in [0.2, 0.25) is 5.65 Å². The standard InChI is InChI=1S/C25H14ClN8O2/c26-19-7-5-17(6-8-19)20-21(18-9-11-28-12-10-18)23-31-32(14-16-3-1-15(13-27)2-4-16)25(36)34(23)33-22(20)29-30-24(33)35/h1-12H,14H2/q+1. The Labute approximate surface area is 207 Å². The third kappa shape index (κ3) is 3.38. The predicted molar refractivity (Wildman–Crippen MR) is 130 cm³/mol. The number of nitriles is 1. The van der Waals surface area contributed by atoms with Crippen molar-refractivity contribution in [2.45, 2.75) is 6.54 Å². The van der Waals surface area contributed by atoms with Crippen LogP contribution in [0.1, 0.15) is 11.1 Å². The van der Waals surface area contributed by atoms with E-state index in [1.54, 1.807) is 60.9 Å². The molecule has 0 N–H and O–H groups in total. The number of hydrogen-bond donors (Lipinski definition) is 0. The van der Waals surface area contributed by atoms with Gasteiger partial charge in [-0.15, -0.1) is 5.10 Å². The molecule has 0 fully saturated rings. The molecule has 0 unspecified atom stereocenters. The summed E-state index contributed by atoms with van der Waals surface area (Å²) >= 11 is 6.12. The molecule has 11 heteroatoms. The van der Waals surface area contributed by atoms with Gasteiger partial charge in [0, 0.05) is 23.0 Å². The first kappa shape index (κ1) is 21.5. The van der Waals surface area contributed by atoms with Gasteiger partial charge in [0.15, 0.2) is 0 Å². The number of rotatable bonds is 4. The van der Waals surface area contributed by atoms with Crippen LogP contribution in [0.5, 0.6) is 0 Å². The van der Waals surface area contributed by atoms with Crippen LogP contribution in [0.2, 0.25) is 5.02 Å². The Bertz CT molecular complexity index is 1910. The highest BCUT2D eigenvalue weighted by atomic mass is 35.5. The average Bonchev–Trinajstić information content (AvgIpc) is 3.44. The Balaban J connectivity index is 1.71. The second-order valence-electron chi connectivity index (χ2n) is 8.00. The Morgan fingerprint density at radius 1 is 0.833 bits per heavy atom. The van der Waals surface area contributed by atoms with Crippen LogP contribution in [-0.2, 0) is 6.54 Å². The Morgan fingerprint density at radius 3 is 2.19 bits per heavy atom. The number of pyridine rings is 1. The Morgan fingerprint density at radius 2 is 1.50 bits per heavy atom. The van der Waals surface area contributed by atoms with Crippen molar-refractivity contribution in [3.05, 3.63) is 110 Å². The third-order valence-corrected chi connectivity index (χ3v) is 6.10. The molecule has 0 bridgehead atoms. The molecular weight excluding hydrogens is 480 g/mol. The first-order chi connectivity index (χ1) is 17.5. The van der Waals surface area contributed by atoms with Gasteiger partial charge in [-0.05, 0) is 62.7 Å². The highest BCUT2D eigenvalue weighted by Crippen LogP contribution is 2.36. The number of benzene rings is 2. The lowest BCUT2D eigenvalue weighted by Gasteiger charge is -2.10. The zero-order valence-electron chi connectivity index (χ0n) is 18.4. The molecule has 10 nitrogen and oxygen atoms in total. The summed E-state index contributed by atoms with van der Waals surface area (Å²) in [6, 6.07) is 19.6. The van der Waals surface area contributed by atoms with Crippen molar-refractivity contribution in [1.29, 1.82) is 5.26 Å². The number of nitrogens with zero attached hydrogens (tertiary/aromatic N) is 8. The molecule has 6 rings (SSSR count). The van der Waals surface area contributed by atoms with Crippen molar-refractivity contribution in [1.82, 2.24) is 29.3 Å². The second kappa shape index (κ2) is 8.33. The Hall–Kier alpha value is -5.01. The Kier molecular flexibility index (Phi) is 4.98. The minimum Gasteiger partial charge on any atom is -0.265 e. The van der Waals surface area contributed by atoms with Crippen LogP contribution in [0.25, 0.3) is 33.5 Å². The predicted octanol–water partition coefficient (Wildman–Crippen LogP) is 2.13. The van der Waals surface area contributed by atoms with Gasteiger partial charge in [0.1, 0.15) is 6.54 Å². The monoisotopic (exact) mass is 493 g/mol. The molecule has 6 aromatic rings. The molecule has 36 heavy (non-hydrogen) atoms. The zero-order chi connectivity index (χ0) is 24.8. The van der Waals surface area contributed by atoms with Crippen LogP contribution in [0.15, 0.2) is 82.6 Å². The summed E-state index contributed by atoms with van der Waals surface area (Å²) in [4.78, 5) is 30.5. The molecule has 0 saturated carbocycles. The van der Waals surface area contributed by atoms with E-state index in [-0.39, 0.29) is 17.8 Å². The fourth-order valence-electron chi connectivity index (χ4n) is 4.20. The second-order valence-corrected chi connectivity index (χ2v) is 8.43. The number of fused-ring (bicyclic) bond motifs is 3. The lowest BCUT2D eigenvalue weighted by Crippen LogP contribution is -2.52. The van der Waals surface area contributed by atoms with E-state index >= 15 is 0 Å². The van der Waals surface area contributed by atoms with Gasteiger partial charge in [-0.3, -0.25) is 4.98 Å². The maximum atomic E-state index is 13.6. The fourth-order valence-corrected chi connectivity index (χ4v) is 4.33. The van der Waals surface area contributed by atoms with Crippen LogP contribution in [0.3, 0.4) is 0 Å². The third-order valence-electron chi connectivity index (χ3n) is 5.84.